The number of pyridine rings is 2. The molecule has 0 amide bonds. The van der Waals surface area contributed by atoms with Crippen LogP contribution in [-0.4, -0.2) is 46.2 Å². The molecule has 4 N–H and O–H groups in total. The summed E-state index contributed by atoms with van der Waals surface area (Å²) in [5.74, 6) is 2.12. The van der Waals surface area contributed by atoms with Crippen molar-refractivity contribution < 1.29 is 4.74 Å². The third kappa shape index (κ3) is 4.52. The second-order valence-electron chi connectivity index (χ2n) is 7.50. The number of hydrogen-bond acceptors (Lipinski definition) is 9. The summed E-state index contributed by atoms with van der Waals surface area (Å²) < 4.78 is 5.43. The smallest absolute Gasteiger partial charge is 0.171 e. The minimum absolute atomic E-state index is 0.341. The molecule has 5 rings (SSSR count). The minimum atomic E-state index is 0.341. The SMILES string of the molecule is Nc1ncc(Nc2cc(N3CCOCC3)ccn2)nc1NCc1ccc2ncccc2c1. The summed E-state index contributed by atoms with van der Waals surface area (Å²) in [6.07, 6.45) is 5.18. The molecule has 1 aliphatic heterocycles. The van der Waals surface area contributed by atoms with Crippen molar-refractivity contribution in [3.63, 3.8) is 0 Å². The van der Waals surface area contributed by atoms with Crippen molar-refractivity contribution in [2.24, 2.45) is 0 Å². The van der Waals surface area contributed by atoms with Crippen LogP contribution >= 0.6 is 0 Å². The molecule has 0 atom stereocenters. The molecular weight excluding hydrogens is 404 g/mol. The van der Waals surface area contributed by atoms with E-state index in [0.717, 1.165) is 48.5 Å². The first-order valence-electron chi connectivity index (χ1n) is 10.5. The Hall–Kier alpha value is -3.98. The van der Waals surface area contributed by atoms with Crippen LogP contribution in [0.4, 0.5) is 29.0 Å². The van der Waals surface area contributed by atoms with Gasteiger partial charge in [0.15, 0.2) is 17.5 Å². The molecule has 4 aromatic rings. The molecule has 1 aliphatic rings. The predicted molar refractivity (Wildman–Crippen MR) is 126 cm³/mol. The highest BCUT2D eigenvalue weighted by Gasteiger charge is 2.12. The Balaban J connectivity index is 1.29. The zero-order valence-corrected chi connectivity index (χ0v) is 17.5. The van der Waals surface area contributed by atoms with Crippen molar-refractivity contribution >= 4 is 39.9 Å². The lowest BCUT2D eigenvalue weighted by atomic mass is 10.1. The lowest BCUT2D eigenvalue weighted by molar-refractivity contribution is 0.122. The van der Waals surface area contributed by atoms with Gasteiger partial charge in [0.05, 0.1) is 24.9 Å². The van der Waals surface area contributed by atoms with E-state index in [0.29, 0.717) is 29.8 Å². The third-order valence-corrected chi connectivity index (χ3v) is 5.30. The van der Waals surface area contributed by atoms with Gasteiger partial charge in [-0.2, -0.15) is 0 Å². The van der Waals surface area contributed by atoms with Crippen LogP contribution in [0.15, 0.2) is 61.1 Å². The maximum Gasteiger partial charge on any atom is 0.171 e. The summed E-state index contributed by atoms with van der Waals surface area (Å²) in [5.41, 5.74) is 9.21. The number of ether oxygens (including phenoxy) is 1. The predicted octanol–water partition coefficient (Wildman–Crippen LogP) is 3.19. The van der Waals surface area contributed by atoms with E-state index in [1.165, 1.54) is 0 Å². The normalized spacial score (nSPS) is 13.8. The highest BCUT2D eigenvalue weighted by molar-refractivity contribution is 5.79. The fourth-order valence-corrected chi connectivity index (χ4v) is 3.65. The fraction of sp³-hybridized carbons (Fsp3) is 0.217. The maximum absolute atomic E-state index is 6.05. The van der Waals surface area contributed by atoms with Gasteiger partial charge in [0.1, 0.15) is 5.82 Å². The average Bonchev–Trinajstić information content (AvgIpc) is 2.85. The van der Waals surface area contributed by atoms with Crippen molar-refractivity contribution in [3.05, 3.63) is 66.6 Å². The number of morpholine rings is 1. The summed E-state index contributed by atoms with van der Waals surface area (Å²) >= 11 is 0. The molecule has 9 heteroatoms. The number of hydrogen-bond donors (Lipinski definition) is 3. The molecule has 1 saturated heterocycles. The Labute approximate surface area is 185 Å². The largest absolute Gasteiger partial charge is 0.381 e. The highest BCUT2D eigenvalue weighted by Crippen LogP contribution is 2.23. The monoisotopic (exact) mass is 428 g/mol. The Bertz CT molecular complexity index is 1230. The van der Waals surface area contributed by atoms with Crippen LogP contribution in [0.2, 0.25) is 0 Å². The summed E-state index contributed by atoms with van der Waals surface area (Å²) in [4.78, 5) is 19.9. The molecule has 0 unspecified atom stereocenters. The minimum Gasteiger partial charge on any atom is -0.381 e. The molecule has 0 radical (unpaired) electrons. The molecule has 0 spiro atoms. The Kier molecular flexibility index (Phi) is 5.63. The van der Waals surface area contributed by atoms with Crippen molar-refractivity contribution in [1.29, 1.82) is 0 Å². The van der Waals surface area contributed by atoms with Crippen LogP contribution in [0.25, 0.3) is 10.9 Å². The van der Waals surface area contributed by atoms with E-state index in [4.69, 9.17) is 10.5 Å². The van der Waals surface area contributed by atoms with Crippen molar-refractivity contribution in [2.75, 3.05) is 47.6 Å². The van der Waals surface area contributed by atoms with Crippen LogP contribution in [0.5, 0.6) is 0 Å². The van der Waals surface area contributed by atoms with Crippen LogP contribution in [-0.2, 0) is 11.3 Å². The topological polar surface area (TPSA) is 114 Å². The first kappa shape index (κ1) is 20.0. The molecule has 32 heavy (non-hydrogen) atoms. The van der Waals surface area contributed by atoms with E-state index >= 15 is 0 Å². The number of fused-ring (bicyclic) bond motifs is 1. The molecule has 0 aliphatic carbocycles. The molecule has 1 aromatic carbocycles. The fourth-order valence-electron chi connectivity index (χ4n) is 3.65. The molecule has 0 saturated carbocycles. The number of benzene rings is 1. The summed E-state index contributed by atoms with van der Waals surface area (Å²) in [7, 11) is 0. The van der Waals surface area contributed by atoms with Crippen molar-refractivity contribution in [1.82, 2.24) is 19.9 Å². The number of nitrogens with one attached hydrogen (secondary N) is 2. The van der Waals surface area contributed by atoms with E-state index in [9.17, 15) is 0 Å². The lowest BCUT2D eigenvalue weighted by Crippen LogP contribution is -2.36. The zero-order valence-electron chi connectivity index (χ0n) is 17.5. The van der Waals surface area contributed by atoms with E-state index in [1.807, 2.05) is 36.4 Å². The van der Waals surface area contributed by atoms with Crippen molar-refractivity contribution in [3.8, 4) is 0 Å². The number of nitrogen functional groups attached to an aromatic ring is 1. The van der Waals surface area contributed by atoms with Gasteiger partial charge < -0.3 is 26.0 Å². The third-order valence-electron chi connectivity index (χ3n) is 5.30. The van der Waals surface area contributed by atoms with Gasteiger partial charge in [0.25, 0.3) is 0 Å². The van der Waals surface area contributed by atoms with Gasteiger partial charge in [0, 0.05) is 49.2 Å². The molecule has 3 aromatic heterocycles. The standard InChI is InChI=1S/C23H24N8O/c24-22-23(28-14-16-3-4-19-17(12-16)2-1-6-25-19)30-21(15-27-22)29-20-13-18(5-7-26-20)31-8-10-32-11-9-31/h1-7,12-13,15H,8-11,14H2,(H2,24,27)(H2,26,28,29,30). The van der Waals surface area contributed by atoms with E-state index in [1.54, 1.807) is 18.6 Å². The van der Waals surface area contributed by atoms with Crippen LogP contribution in [0.3, 0.4) is 0 Å². The van der Waals surface area contributed by atoms with Gasteiger partial charge >= 0.3 is 0 Å². The molecular formula is C23H24N8O. The van der Waals surface area contributed by atoms with Gasteiger partial charge in [0.2, 0.25) is 0 Å². The Morgan fingerprint density at radius 3 is 2.78 bits per heavy atom. The van der Waals surface area contributed by atoms with Crippen LogP contribution in [0.1, 0.15) is 5.56 Å². The molecule has 9 nitrogen and oxygen atoms in total. The van der Waals surface area contributed by atoms with Gasteiger partial charge in [-0.25, -0.2) is 15.0 Å². The number of aromatic nitrogens is 4. The molecule has 4 heterocycles. The summed E-state index contributed by atoms with van der Waals surface area (Å²) in [6.45, 7) is 3.76. The second kappa shape index (κ2) is 9.03. The van der Waals surface area contributed by atoms with Crippen molar-refractivity contribution in [2.45, 2.75) is 6.54 Å². The first-order chi connectivity index (χ1) is 15.7. The molecule has 162 valence electrons. The van der Waals surface area contributed by atoms with Gasteiger partial charge in [-0.3, -0.25) is 4.98 Å². The average molecular weight is 429 g/mol. The highest BCUT2D eigenvalue weighted by atomic mass is 16.5. The van der Waals surface area contributed by atoms with Gasteiger partial charge in [-0.15, -0.1) is 0 Å². The first-order valence-corrected chi connectivity index (χ1v) is 10.5. The number of anilines is 5. The van der Waals surface area contributed by atoms with Gasteiger partial charge in [-0.1, -0.05) is 12.1 Å². The van der Waals surface area contributed by atoms with E-state index in [2.05, 4.69) is 41.5 Å². The number of nitrogens with zero attached hydrogens (tertiary/aromatic N) is 5. The molecule has 1 fully saturated rings. The zero-order chi connectivity index (χ0) is 21.8. The van der Waals surface area contributed by atoms with Crippen LogP contribution in [0, 0.1) is 0 Å². The van der Waals surface area contributed by atoms with Crippen LogP contribution < -0.4 is 21.3 Å². The quantitative estimate of drug-likeness (QED) is 0.426. The summed E-state index contributed by atoms with van der Waals surface area (Å²) in [5, 5.41) is 7.60. The molecule has 0 bridgehead atoms. The van der Waals surface area contributed by atoms with Gasteiger partial charge in [-0.05, 0) is 29.8 Å². The van der Waals surface area contributed by atoms with E-state index < -0.39 is 0 Å². The Morgan fingerprint density at radius 1 is 0.969 bits per heavy atom. The number of nitrogens with two attached hydrogens (primary N) is 1. The van der Waals surface area contributed by atoms with E-state index in [-0.39, 0.29) is 0 Å². The second-order valence-corrected chi connectivity index (χ2v) is 7.50. The number of rotatable bonds is 6. The maximum atomic E-state index is 6.05. The lowest BCUT2D eigenvalue weighted by Gasteiger charge is -2.28. The summed E-state index contributed by atoms with van der Waals surface area (Å²) in [6, 6.07) is 14.1. The Morgan fingerprint density at radius 2 is 1.88 bits per heavy atom.